The van der Waals surface area contributed by atoms with Crippen molar-refractivity contribution >= 4 is 21.6 Å². The van der Waals surface area contributed by atoms with Crippen LogP contribution in [0.15, 0.2) is 0 Å². The van der Waals surface area contributed by atoms with Gasteiger partial charge in [-0.15, -0.1) is 11.6 Å². The fourth-order valence-electron chi connectivity index (χ4n) is 2.71. The van der Waals surface area contributed by atoms with E-state index in [1.54, 1.807) is 11.4 Å². The SMILES string of the molecule is CN(CC1CC(Cl)C1)S(=O)(=O)C1CCCC1. The van der Waals surface area contributed by atoms with Crippen molar-refractivity contribution in [1.29, 1.82) is 0 Å². The Labute approximate surface area is 103 Å². The van der Waals surface area contributed by atoms with Gasteiger partial charge < -0.3 is 0 Å². The molecule has 2 aliphatic rings. The van der Waals surface area contributed by atoms with Crippen LogP contribution in [0.5, 0.6) is 0 Å². The summed E-state index contributed by atoms with van der Waals surface area (Å²) in [5.41, 5.74) is 0. The van der Waals surface area contributed by atoms with Gasteiger partial charge in [0.1, 0.15) is 0 Å². The first kappa shape index (κ1) is 12.7. The van der Waals surface area contributed by atoms with E-state index in [0.29, 0.717) is 12.5 Å². The molecule has 16 heavy (non-hydrogen) atoms. The summed E-state index contributed by atoms with van der Waals surface area (Å²) in [5.74, 6) is 0.476. The normalized spacial score (nSPS) is 31.9. The number of hydrogen-bond acceptors (Lipinski definition) is 2. The molecule has 2 aliphatic carbocycles. The van der Waals surface area contributed by atoms with Gasteiger partial charge in [-0.3, -0.25) is 0 Å². The van der Waals surface area contributed by atoms with E-state index in [1.165, 1.54) is 0 Å². The van der Waals surface area contributed by atoms with Crippen LogP contribution in [0, 0.1) is 5.92 Å². The van der Waals surface area contributed by atoms with E-state index < -0.39 is 10.0 Å². The smallest absolute Gasteiger partial charge is 0.212 e. The highest BCUT2D eigenvalue weighted by molar-refractivity contribution is 7.89. The van der Waals surface area contributed by atoms with Gasteiger partial charge in [0.15, 0.2) is 0 Å². The molecule has 0 N–H and O–H groups in total. The van der Waals surface area contributed by atoms with Gasteiger partial charge in [-0.2, -0.15) is 0 Å². The Kier molecular flexibility index (Phi) is 3.82. The Balaban J connectivity index is 1.89. The summed E-state index contributed by atoms with van der Waals surface area (Å²) in [7, 11) is -1.32. The third-order valence-electron chi connectivity index (χ3n) is 3.85. The molecule has 2 rings (SSSR count). The Bertz CT molecular complexity index is 332. The third-order valence-corrected chi connectivity index (χ3v) is 6.54. The molecule has 0 aliphatic heterocycles. The van der Waals surface area contributed by atoms with E-state index in [-0.39, 0.29) is 10.6 Å². The van der Waals surface area contributed by atoms with Crippen molar-refractivity contribution in [3.63, 3.8) is 0 Å². The molecule has 0 saturated heterocycles. The zero-order valence-corrected chi connectivity index (χ0v) is 11.3. The maximum atomic E-state index is 12.2. The van der Waals surface area contributed by atoms with Crippen LogP contribution in [0.3, 0.4) is 0 Å². The number of hydrogen-bond donors (Lipinski definition) is 0. The van der Waals surface area contributed by atoms with Crippen molar-refractivity contribution in [1.82, 2.24) is 4.31 Å². The molecular weight excluding hydrogens is 246 g/mol. The standard InChI is InChI=1S/C11H20ClNO2S/c1-13(8-9-6-10(12)7-9)16(14,15)11-4-2-3-5-11/h9-11H,2-8H2,1H3. The Morgan fingerprint density at radius 1 is 1.25 bits per heavy atom. The first-order chi connectivity index (χ1) is 7.50. The Morgan fingerprint density at radius 3 is 2.31 bits per heavy atom. The number of rotatable bonds is 4. The summed E-state index contributed by atoms with van der Waals surface area (Å²) >= 11 is 5.90. The lowest BCUT2D eigenvalue weighted by Crippen LogP contribution is -2.41. The molecule has 0 aromatic heterocycles. The molecular formula is C11H20ClNO2S. The first-order valence-corrected chi connectivity index (χ1v) is 8.03. The second-order valence-electron chi connectivity index (χ2n) is 5.17. The van der Waals surface area contributed by atoms with Crippen LogP contribution in [0.1, 0.15) is 38.5 Å². The molecule has 5 heteroatoms. The minimum absolute atomic E-state index is 0.121. The average molecular weight is 266 g/mol. The largest absolute Gasteiger partial charge is 0.216 e. The lowest BCUT2D eigenvalue weighted by molar-refractivity contribution is 0.267. The molecule has 0 atom stereocenters. The highest BCUT2D eigenvalue weighted by atomic mass is 35.5. The molecule has 0 aromatic rings. The molecule has 3 nitrogen and oxygen atoms in total. The van der Waals surface area contributed by atoms with Gasteiger partial charge in [0, 0.05) is 19.0 Å². The van der Waals surface area contributed by atoms with E-state index in [0.717, 1.165) is 38.5 Å². The van der Waals surface area contributed by atoms with Crippen LogP contribution in [0.25, 0.3) is 0 Å². The van der Waals surface area contributed by atoms with Gasteiger partial charge in [-0.1, -0.05) is 12.8 Å². The molecule has 0 aromatic carbocycles. The predicted octanol–water partition coefficient (Wildman–Crippen LogP) is 2.21. The molecule has 0 heterocycles. The zero-order chi connectivity index (χ0) is 11.8. The van der Waals surface area contributed by atoms with Gasteiger partial charge in [0.05, 0.1) is 5.25 Å². The van der Waals surface area contributed by atoms with Gasteiger partial charge in [-0.25, -0.2) is 12.7 Å². The number of alkyl halides is 1. The van der Waals surface area contributed by atoms with Gasteiger partial charge in [-0.05, 0) is 31.6 Å². The van der Waals surface area contributed by atoms with E-state index in [4.69, 9.17) is 11.6 Å². The van der Waals surface area contributed by atoms with E-state index in [2.05, 4.69) is 0 Å². The molecule has 2 saturated carbocycles. The number of nitrogens with zero attached hydrogens (tertiary/aromatic N) is 1. The molecule has 0 amide bonds. The summed E-state index contributed by atoms with van der Waals surface area (Å²) in [6.07, 6.45) is 5.74. The van der Waals surface area contributed by atoms with Gasteiger partial charge in [0.25, 0.3) is 0 Å². The fourth-order valence-corrected chi connectivity index (χ4v) is 5.07. The van der Waals surface area contributed by atoms with Crippen LogP contribution in [0.4, 0.5) is 0 Å². The summed E-state index contributed by atoms with van der Waals surface area (Å²) in [6, 6.07) is 0. The summed E-state index contributed by atoms with van der Waals surface area (Å²) in [5, 5.41) is 0.150. The summed E-state index contributed by atoms with van der Waals surface area (Å²) in [4.78, 5) is 0. The van der Waals surface area contributed by atoms with Crippen molar-refractivity contribution in [2.24, 2.45) is 5.92 Å². The minimum Gasteiger partial charge on any atom is -0.212 e. The van der Waals surface area contributed by atoms with Crippen LogP contribution >= 0.6 is 11.6 Å². The van der Waals surface area contributed by atoms with Gasteiger partial charge in [0.2, 0.25) is 10.0 Å². The molecule has 94 valence electrons. The van der Waals surface area contributed by atoms with Crippen LogP contribution in [0.2, 0.25) is 0 Å². The van der Waals surface area contributed by atoms with E-state index in [9.17, 15) is 8.42 Å². The monoisotopic (exact) mass is 265 g/mol. The van der Waals surface area contributed by atoms with Crippen LogP contribution in [-0.2, 0) is 10.0 Å². The second-order valence-corrected chi connectivity index (χ2v) is 8.10. The molecule has 0 radical (unpaired) electrons. The lowest BCUT2D eigenvalue weighted by Gasteiger charge is -2.34. The van der Waals surface area contributed by atoms with Crippen molar-refractivity contribution in [3.8, 4) is 0 Å². The minimum atomic E-state index is -3.04. The molecule has 0 spiro atoms. The number of sulfonamides is 1. The van der Waals surface area contributed by atoms with Crippen molar-refractivity contribution in [2.75, 3.05) is 13.6 Å². The molecule has 0 unspecified atom stereocenters. The third kappa shape index (κ3) is 2.54. The highest BCUT2D eigenvalue weighted by Gasteiger charge is 2.35. The predicted molar refractivity (Wildman–Crippen MR) is 66.2 cm³/mol. The maximum Gasteiger partial charge on any atom is 0.216 e. The highest BCUT2D eigenvalue weighted by Crippen LogP contribution is 2.34. The summed E-state index contributed by atoms with van der Waals surface area (Å²) in [6.45, 7) is 0.655. The quantitative estimate of drug-likeness (QED) is 0.731. The van der Waals surface area contributed by atoms with Crippen LogP contribution in [-0.4, -0.2) is 36.9 Å². The molecule has 2 fully saturated rings. The second kappa shape index (κ2) is 4.83. The topological polar surface area (TPSA) is 37.4 Å². The fraction of sp³-hybridized carbons (Fsp3) is 1.00. The first-order valence-electron chi connectivity index (χ1n) is 6.09. The van der Waals surface area contributed by atoms with Crippen molar-refractivity contribution in [3.05, 3.63) is 0 Å². The Morgan fingerprint density at radius 2 is 1.81 bits per heavy atom. The number of halogens is 1. The van der Waals surface area contributed by atoms with E-state index >= 15 is 0 Å². The zero-order valence-electron chi connectivity index (χ0n) is 9.73. The Hall–Kier alpha value is 0.200. The van der Waals surface area contributed by atoms with Gasteiger partial charge >= 0.3 is 0 Å². The summed E-state index contributed by atoms with van der Waals surface area (Å²) < 4.78 is 25.9. The maximum absolute atomic E-state index is 12.2. The van der Waals surface area contributed by atoms with Crippen LogP contribution < -0.4 is 0 Å². The van der Waals surface area contributed by atoms with E-state index in [1.807, 2.05) is 0 Å². The average Bonchev–Trinajstić information content (AvgIpc) is 2.68. The van der Waals surface area contributed by atoms with Crippen molar-refractivity contribution < 1.29 is 8.42 Å². The molecule has 0 bridgehead atoms. The van der Waals surface area contributed by atoms with Crippen molar-refractivity contribution in [2.45, 2.75) is 49.2 Å². The lowest BCUT2D eigenvalue weighted by atomic mass is 9.85.